The molecule has 0 saturated heterocycles. The Balaban J connectivity index is 2.08. The van der Waals surface area contributed by atoms with Gasteiger partial charge in [-0.15, -0.1) is 0 Å². The van der Waals surface area contributed by atoms with Crippen LogP contribution in [0.15, 0.2) is 42.7 Å². The fourth-order valence-corrected chi connectivity index (χ4v) is 2.67. The summed E-state index contributed by atoms with van der Waals surface area (Å²) in [6.45, 7) is 0. The van der Waals surface area contributed by atoms with E-state index in [4.69, 9.17) is 5.73 Å². The summed E-state index contributed by atoms with van der Waals surface area (Å²) < 4.78 is 0. The first-order valence-electron chi connectivity index (χ1n) is 6.72. The van der Waals surface area contributed by atoms with E-state index in [0.717, 1.165) is 24.0 Å². The predicted octanol–water partition coefficient (Wildman–Crippen LogP) is 2.92. The van der Waals surface area contributed by atoms with Crippen LogP contribution in [-0.4, -0.2) is 4.98 Å². The Morgan fingerprint density at radius 3 is 2.75 bits per heavy atom. The number of allylic oxidation sites excluding steroid dienone is 1. The van der Waals surface area contributed by atoms with Crippen molar-refractivity contribution in [2.75, 3.05) is 0 Å². The van der Waals surface area contributed by atoms with Gasteiger partial charge in [0.1, 0.15) is 6.07 Å². The highest BCUT2D eigenvalue weighted by Crippen LogP contribution is 2.27. The predicted molar refractivity (Wildman–Crippen MR) is 79.3 cm³/mol. The molecule has 3 nitrogen and oxygen atoms in total. The SMILES string of the molecule is N#C/C(=C(/N)c1ccc2c(c1)CCC2)c1cccnc1. The summed E-state index contributed by atoms with van der Waals surface area (Å²) >= 11 is 0. The second-order valence-electron chi connectivity index (χ2n) is 4.98. The largest absolute Gasteiger partial charge is 0.397 e. The molecule has 0 aliphatic heterocycles. The highest BCUT2D eigenvalue weighted by molar-refractivity contribution is 5.95. The van der Waals surface area contributed by atoms with E-state index in [0.29, 0.717) is 11.3 Å². The molecule has 98 valence electrons. The van der Waals surface area contributed by atoms with Gasteiger partial charge < -0.3 is 5.73 Å². The smallest absolute Gasteiger partial charge is 0.102 e. The Labute approximate surface area is 118 Å². The van der Waals surface area contributed by atoms with Crippen molar-refractivity contribution in [3.63, 3.8) is 0 Å². The zero-order valence-corrected chi connectivity index (χ0v) is 11.1. The molecule has 0 atom stereocenters. The van der Waals surface area contributed by atoms with Crippen molar-refractivity contribution >= 4 is 11.3 Å². The average Bonchev–Trinajstić information content (AvgIpc) is 2.96. The minimum absolute atomic E-state index is 0.482. The van der Waals surface area contributed by atoms with Gasteiger partial charge in [0, 0.05) is 18.0 Å². The number of nitriles is 1. The fraction of sp³-hybridized carbons (Fsp3) is 0.176. The van der Waals surface area contributed by atoms with Crippen LogP contribution in [0.5, 0.6) is 0 Å². The normalized spacial score (nSPS) is 14.3. The van der Waals surface area contributed by atoms with Gasteiger partial charge in [-0.3, -0.25) is 4.98 Å². The van der Waals surface area contributed by atoms with E-state index in [-0.39, 0.29) is 0 Å². The molecule has 0 saturated carbocycles. The Bertz CT molecular complexity index is 709. The van der Waals surface area contributed by atoms with Gasteiger partial charge in [0.15, 0.2) is 0 Å². The van der Waals surface area contributed by atoms with Crippen molar-refractivity contribution in [2.45, 2.75) is 19.3 Å². The topological polar surface area (TPSA) is 62.7 Å². The third-order valence-electron chi connectivity index (χ3n) is 3.74. The molecular formula is C17H15N3. The van der Waals surface area contributed by atoms with Crippen molar-refractivity contribution in [3.05, 3.63) is 65.0 Å². The van der Waals surface area contributed by atoms with Gasteiger partial charge in [-0.2, -0.15) is 5.26 Å². The molecule has 0 radical (unpaired) electrons. The molecule has 1 aromatic heterocycles. The zero-order valence-electron chi connectivity index (χ0n) is 11.1. The second kappa shape index (κ2) is 5.18. The monoisotopic (exact) mass is 261 g/mol. The summed E-state index contributed by atoms with van der Waals surface area (Å²) in [5.41, 5.74) is 11.7. The maximum atomic E-state index is 9.39. The third-order valence-corrected chi connectivity index (χ3v) is 3.74. The van der Waals surface area contributed by atoms with E-state index in [1.807, 2.05) is 18.2 Å². The van der Waals surface area contributed by atoms with Crippen molar-refractivity contribution in [1.82, 2.24) is 4.98 Å². The first-order chi connectivity index (χ1) is 9.79. The minimum atomic E-state index is 0.482. The summed E-state index contributed by atoms with van der Waals surface area (Å²) in [6.07, 6.45) is 6.80. The van der Waals surface area contributed by atoms with Gasteiger partial charge in [-0.05, 0) is 48.1 Å². The van der Waals surface area contributed by atoms with Gasteiger partial charge in [0.25, 0.3) is 0 Å². The molecule has 0 amide bonds. The van der Waals surface area contributed by atoms with Crippen LogP contribution in [0.3, 0.4) is 0 Å². The highest BCUT2D eigenvalue weighted by atomic mass is 14.6. The summed E-state index contributed by atoms with van der Waals surface area (Å²) in [4.78, 5) is 4.05. The number of nitrogens with zero attached hydrogens (tertiary/aromatic N) is 2. The van der Waals surface area contributed by atoms with Gasteiger partial charge in [0.2, 0.25) is 0 Å². The number of benzene rings is 1. The van der Waals surface area contributed by atoms with E-state index >= 15 is 0 Å². The van der Waals surface area contributed by atoms with Crippen molar-refractivity contribution in [1.29, 1.82) is 5.26 Å². The van der Waals surface area contributed by atoms with Crippen LogP contribution >= 0.6 is 0 Å². The average molecular weight is 261 g/mol. The van der Waals surface area contributed by atoms with E-state index in [1.165, 1.54) is 17.5 Å². The Morgan fingerprint density at radius 1 is 1.15 bits per heavy atom. The van der Waals surface area contributed by atoms with Gasteiger partial charge in [-0.25, -0.2) is 0 Å². The standard InChI is InChI=1S/C17H15N3/c18-10-16(15-5-2-8-20-11-15)17(19)14-7-6-12-3-1-4-13(12)9-14/h2,5-9,11H,1,3-4,19H2/b17-16-. The molecule has 2 N–H and O–H groups in total. The number of aryl methyl sites for hydroxylation is 2. The molecule has 0 fully saturated rings. The van der Waals surface area contributed by atoms with Gasteiger partial charge in [0.05, 0.1) is 11.3 Å². The molecular weight excluding hydrogens is 246 g/mol. The molecule has 2 aromatic rings. The van der Waals surface area contributed by atoms with E-state index in [1.54, 1.807) is 12.4 Å². The number of aromatic nitrogens is 1. The number of hydrogen-bond donors (Lipinski definition) is 1. The number of rotatable bonds is 2. The van der Waals surface area contributed by atoms with Crippen LogP contribution in [-0.2, 0) is 12.8 Å². The maximum absolute atomic E-state index is 9.39. The third kappa shape index (κ3) is 2.17. The molecule has 1 aliphatic carbocycles. The lowest BCUT2D eigenvalue weighted by Crippen LogP contribution is -2.02. The summed E-state index contributed by atoms with van der Waals surface area (Å²) in [7, 11) is 0. The van der Waals surface area contributed by atoms with Crippen LogP contribution in [0.2, 0.25) is 0 Å². The molecule has 0 spiro atoms. The summed E-state index contributed by atoms with van der Waals surface area (Å²) in [6, 6.07) is 12.1. The Kier molecular flexibility index (Phi) is 3.22. The van der Waals surface area contributed by atoms with Crippen LogP contribution < -0.4 is 5.73 Å². The molecule has 1 heterocycles. The first kappa shape index (κ1) is 12.4. The van der Waals surface area contributed by atoms with Crippen molar-refractivity contribution in [3.8, 4) is 6.07 Å². The quantitative estimate of drug-likeness (QED) is 0.845. The number of fused-ring (bicyclic) bond motifs is 1. The second-order valence-corrected chi connectivity index (χ2v) is 4.98. The number of nitrogens with two attached hydrogens (primary N) is 1. The van der Waals surface area contributed by atoms with Crippen LogP contribution in [0, 0.1) is 11.3 Å². The van der Waals surface area contributed by atoms with Crippen molar-refractivity contribution in [2.24, 2.45) is 5.73 Å². The van der Waals surface area contributed by atoms with Gasteiger partial charge in [-0.1, -0.05) is 18.2 Å². The molecule has 1 aliphatic rings. The molecule has 0 unspecified atom stereocenters. The lowest BCUT2D eigenvalue weighted by molar-refractivity contribution is 0.911. The van der Waals surface area contributed by atoms with Gasteiger partial charge >= 0.3 is 0 Å². The Hall–Kier alpha value is -2.60. The van der Waals surface area contributed by atoms with E-state index < -0.39 is 0 Å². The van der Waals surface area contributed by atoms with Crippen LogP contribution in [0.25, 0.3) is 11.3 Å². The minimum Gasteiger partial charge on any atom is -0.397 e. The van der Waals surface area contributed by atoms with E-state index in [9.17, 15) is 5.26 Å². The molecule has 3 rings (SSSR count). The lowest BCUT2D eigenvalue weighted by atomic mass is 9.99. The Morgan fingerprint density at radius 2 is 2.00 bits per heavy atom. The summed E-state index contributed by atoms with van der Waals surface area (Å²) in [5.74, 6) is 0. The van der Waals surface area contributed by atoms with Crippen LogP contribution in [0.4, 0.5) is 0 Å². The summed E-state index contributed by atoms with van der Waals surface area (Å²) in [5, 5.41) is 9.39. The molecule has 20 heavy (non-hydrogen) atoms. The van der Waals surface area contributed by atoms with Crippen molar-refractivity contribution < 1.29 is 0 Å². The number of pyridine rings is 1. The fourth-order valence-electron chi connectivity index (χ4n) is 2.67. The molecule has 0 bridgehead atoms. The first-order valence-corrected chi connectivity index (χ1v) is 6.72. The lowest BCUT2D eigenvalue weighted by Gasteiger charge is -2.08. The molecule has 1 aromatic carbocycles. The highest BCUT2D eigenvalue weighted by Gasteiger charge is 2.14. The maximum Gasteiger partial charge on any atom is 0.102 e. The molecule has 3 heteroatoms. The van der Waals surface area contributed by atoms with Crippen LogP contribution in [0.1, 0.15) is 28.7 Å². The van der Waals surface area contributed by atoms with E-state index in [2.05, 4.69) is 23.2 Å². The zero-order chi connectivity index (χ0) is 13.9. The number of hydrogen-bond acceptors (Lipinski definition) is 3.